The third-order valence-electron chi connectivity index (χ3n) is 2.64. The van der Waals surface area contributed by atoms with Gasteiger partial charge in [0.2, 0.25) is 0 Å². The van der Waals surface area contributed by atoms with E-state index in [0.717, 1.165) is 13.1 Å². The Kier molecular flexibility index (Phi) is 1.96. The van der Waals surface area contributed by atoms with Crippen LogP contribution >= 0.6 is 0 Å². The summed E-state index contributed by atoms with van der Waals surface area (Å²) in [6.45, 7) is 3.46. The second-order valence-corrected chi connectivity index (χ2v) is 3.55. The highest BCUT2D eigenvalue weighted by atomic mass is 15.0. The molecule has 2 N–H and O–H groups in total. The van der Waals surface area contributed by atoms with Crippen LogP contribution in [0.5, 0.6) is 0 Å². The predicted octanol–water partition coefficient (Wildman–Crippen LogP) is 0.658. The molecule has 2 nitrogen and oxygen atoms in total. The fourth-order valence-electron chi connectivity index (χ4n) is 1.99. The van der Waals surface area contributed by atoms with E-state index in [1.165, 1.54) is 25.8 Å². The van der Waals surface area contributed by atoms with Gasteiger partial charge in [-0.1, -0.05) is 12.2 Å². The van der Waals surface area contributed by atoms with Crippen molar-refractivity contribution in [2.45, 2.75) is 24.8 Å². The SMILES string of the molecule is C1=CC2(CCCNC2)NCC1. The predicted molar refractivity (Wildman–Crippen MR) is 46.6 cm³/mol. The zero-order valence-electron chi connectivity index (χ0n) is 6.90. The summed E-state index contributed by atoms with van der Waals surface area (Å²) >= 11 is 0. The minimum Gasteiger partial charge on any atom is -0.315 e. The number of hydrogen-bond donors (Lipinski definition) is 2. The Morgan fingerprint density at radius 2 is 2.27 bits per heavy atom. The van der Waals surface area contributed by atoms with E-state index in [2.05, 4.69) is 22.8 Å². The molecule has 2 aliphatic heterocycles. The van der Waals surface area contributed by atoms with Gasteiger partial charge in [-0.15, -0.1) is 0 Å². The lowest BCUT2D eigenvalue weighted by molar-refractivity contribution is 0.301. The van der Waals surface area contributed by atoms with Gasteiger partial charge in [-0.2, -0.15) is 0 Å². The van der Waals surface area contributed by atoms with Crippen molar-refractivity contribution in [1.82, 2.24) is 10.6 Å². The number of hydrogen-bond acceptors (Lipinski definition) is 2. The molecular weight excluding hydrogens is 136 g/mol. The van der Waals surface area contributed by atoms with Crippen LogP contribution in [-0.2, 0) is 0 Å². The summed E-state index contributed by atoms with van der Waals surface area (Å²) < 4.78 is 0. The molecule has 1 fully saturated rings. The van der Waals surface area contributed by atoms with Crippen molar-refractivity contribution in [3.05, 3.63) is 12.2 Å². The maximum Gasteiger partial charge on any atom is 0.0491 e. The molecular formula is C9H16N2. The Hall–Kier alpha value is -0.340. The van der Waals surface area contributed by atoms with Crippen molar-refractivity contribution in [1.29, 1.82) is 0 Å². The van der Waals surface area contributed by atoms with Crippen molar-refractivity contribution >= 4 is 0 Å². The average Bonchev–Trinajstić information content (AvgIpc) is 2.07. The van der Waals surface area contributed by atoms with Gasteiger partial charge in [-0.05, 0) is 32.4 Å². The fraction of sp³-hybridized carbons (Fsp3) is 0.778. The third-order valence-corrected chi connectivity index (χ3v) is 2.64. The van der Waals surface area contributed by atoms with Crippen molar-refractivity contribution in [3.63, 3.8) is 0 Å². The van der Waals surface area contributed by atoms with Crippen molar-refractivity contribution < 1.29 is 0 Å². The molecule has 2 heteroatoms. The molecule has 1 atom stereocenters. The van der Waals surface area contributed by atoms with Crippen LogP contribution in [0.3, 0.4) is 0 Å². The summed E-state index contributed by atoms with van der Waals surface area (Å²) in [7, 11) is 0. The van der Waals surface area contributed by atoms with E-state index in [0.29, 0.717) is 5.54 Å². The maximum absolute atomic E-state index is 3.59. The molecule has 2 aliphatic rings. The van der Waals surface area contributed by atoms with Crippen molar-refractivity contribution in [2.24, 2.45) is 0 Å². The molecule has 2 rings (SSSR count). The van der Waals surface area contributed by atoms with Gasteiger partial charge < -0.3 is 10.6 Å². The number of piperidine rings is 1. The van der Waals surface area contributed by atoms with Gasteiger partial charge in [0.1, 0.15) is 0 Å². The molecule has 0 aromatic heterocycles. The van der Waals surface area contributed by atoms with Gasteiger partial charge in [-0.3, -0.25) is 0 Å². The van der Waals surface area contributed by atoms with E-state index in [1.54, 1.807) is 0 Å². The molecule has 2 heterocycles. The van der Waals surface area contributed by atoms with Crippen LogP contribution in [0, 0.1) is 0 Å². The second-order valence-electron chi connectivity index (χ2n) is 3.55. The smallest absolute Gasteiger partial charge is 0.0491 e. The lowest BCUT2D eigenvalue weighted by Crippen LogP contribution is -2.55. The van der Waals surface area contributed by atoms with E-state index in [-0.39, 0.29) is 0 Å². The average molecular weight is 152 g/mol. The van der Waals surface area contributed by atoms with Crippen molar-refractivity contribution in [2.75, 3.05) is 19.6 Å². The van der Waals surface area contributed by atoms with E-state index >= 15 is 0 Å². The Balaban J connectivity index is 2.06. The van der Waals surface area contributed by atoms with Crippen LogP contribution in [0.15, 0.2) is 12.2 Å². The van der Waals surface area contributed by atoms with Crippen LogP contribution in [-0.4, -0.2) is 25.2 Å². The molecule has 0 amide bonds. The second kappa shape index (κ2) is 2.95. The molecule has 1 spiro atoms. The minimum atomic E-state index is 0.316. The molecule has 0 bridgehead atoms. The lowest BCUT2D eigenvalue weighted by Gasteiger charge is -2.38. The highest BCUT2D eigenvalue weighted by Crippen LogP contribution is 2.20. The first-order valence-corrected chi connectivity index (χ1v) is 4.55. The lowest BCUT2D eigenvalue weighted by atomic mass is 9.87. The minimum absolute atomic E-state index is 0.316. The summed E-state index contributed by atoms with van der Waals surface area (Å²) in [4.78, 5) is 0. The first-order chi connectivity index (χ1) is 5.41. The van der Waals surface area contributed by atoms with Crippen LogP contribution < -0.4 is 10.6 Å². The van der Waals surface area contributed by atoms with E-state index in [1.807, 2.05) is 0 Å². The highest BCUT2D eigenvalue weighted by molar-refractivity contribution is 5.12. The third kappa shape index (κ3) is 1.47. The summed E-state index contributed by atoms with van der Waals surface area (Å²) in [5, 5.41) is 7.02. The molecule has 0 radical (unpaired) electrons. The quantitative estimate of drug-likeness (QED) is 0.498. The van der Waals surface area contributed by atoms with E-state index < -0.39 is 0 Å². The van der Waals surface area contributed by atoms with E-state index in [4.69, 9.17) is 0 Å². The van der Waals surface area contributed by atoms with Crippen LogP contribution in [0.1, 0.15) is 19.3 Å². The Morgan fingerprint density at radius 1 is 1.27 bits per heavy atom. The van der Waals surface area contributed by atoms with Gasteiger partial charge >= 0.3 is 0 Å². The maximum atomic E-state index is 3.59. The van der Waals surface area contributed by atoms with Gasteiger partial charge in [0.15, 0.2) is 0 Å². The Morgan fingerprint density at radius 3 is 2.91 bits per heavy atom. The van der Waals surface area contributed by atoms with Crippen LogP contribution in [0.25, 0.3) is 0 Å². The molecule has 0 saturated carbocycles. The van der Waals surface area contributed by atoms with Gasteiger partial charge in [0, 0.05) is 12.1 Å². The molecule has 1 unspecified atom stereocenters. The highest BCUT2D eigenvalue weighted by Gasteiger charge is 2.29. The molecule has 62 valence electrons. The molecule has 1 saturated heterocycles. The largest absolute Gasteiger partial charge is 0.315 e. The zero-order chi connectivity index (χ0) is 7.57. The number of rotatable bonds is 0. The Bertz CT molecular complexity index is 157. The topological polar surface area (TPSA) is 24.1 Å². The first-order valence-electron chi connectivity index (χ1n) is 4.55. The monoisotopic (exact) mass is 152 g/mol. The first kappa shape index (κ1) is 7.32. The van der Waals surface area contributed by atoms with Gasteiger partial charge in [-0.25, -0.2) is 0 Å². The summed E-state index contributed by atoms with van der Waals surface area (Å²) in [5.74, 6) is 0. The van der Waals surface area contributed by atoms with Gasteiger partial charge in [0.25, 0.3) is 0 Å². The molecule has 11 heavy (non-hydrogen) atoms. The van der Waals surface area contributed by atoms with Crippen LogP contribution in [0.4, 0.5) is 0 Å². The standard InChI is InChI=1S/C9H16N2/c1-2-7-11-9(4-1)5-3-6-10-8-9/h1,4,10-11H,2-3,5-8H2. The number of nitrogens with one attached hydrogen (secondary N) is 2. The summed E-state index contributed by atoms with van der Waals surface area (Å²) in [6.07, 6.45) is 8.46. The van der Waals surface area contributed by atoms with Crippen molar-refractivity contribution in [3.8, 4) is 0 Å². The van der Waals surface area contributed by atoms with Crippen LogP contribution in [0.2, 0.25) is 0 Å². The molecule has 0 aromatic carbocycles. The summed E-state index contributed by atoms with van der Waals surface area (Å²) in [6, 6.07) is 0. The normalized spacial score (nSPS) is 37.8. The molecule has 0 aliphatic carbocycles. The fourth-order valence-corrected chi connectivity index (χ4v) is 1.99. The van der Waals surface area contributed by atoms with E-state index in [9.17, 15) is 0 Å². The molecule has 0 aromatic rings. The Labute approximate surface area is 68.1 Å². The summed E-state index contributed by atoms with van der Waals surface area (Å²) in [5.41, 5.74) is 0.316. The van der Waals surface area contributed by atoms with Gasteiger partial charge in [0.05, 0.1) is 0 Å². The zero-order valence-corrected chi connectivity index (χ0v) is 6.90.